The number of aromatic nitrogens is 4. The number of aryl methyl sites for hydroxylation is 2. The van der Waals surface area contributed by atoms with Crippen molar-refractivity contribution in [2.75, 3.05) is 6.54 Å². The molecule has 1 N–H and O–H groups in total. The highest BCUT2D eigenvalue weighted by Gasteiger charge is 2.26. The fourth-order valence-corrected chi connectivity index (χ4v) is 3.09. The zero-order valence-electron chi connectivity index (χ0n) is 15.9. The predicted molar refractivity (Wildman–Crippen MR) is 103 cm³/mol. The maximum absolute atomic E-state index is 13.2. The van der Waals surface area contributed by atoms with Crippen LogP contribution in [-0.2, 0) is 26.6 Å². The van der Waals surface area contributed by atoms with Crippen LogP contribution in [0.2, 0.25) is 0 Å². The van der Waals surface area contributed by atoms with E-state index < -0.39 is 11.9 Å². The molecule has 0 spiro atoms. The van der Waals surface area contributed by atoms with Gasteiger partial charge in [0.05, 0.1) is 12.2 Å². The van der Waals surface area contributed by atoms with Crippen LogP contribution in [0.1, 0.15) is 39.0 Å². The smallest absolute Gasteiger partial charge is 0.339 e. The Kier molecular flexibility index (Phi) is 5.88. The molecule has 0 bridgehead atoms. The van der Waals surface area contributed by atoms with E-state index in [1.54, 1.807) is 18.1 Å². The quantitative estimate of drug-likeness (QED) is 0.646. The fourth-order valence-electron chi connectivity index (χ4n) is 3.09. The Hall–Kier alpha value is -3.42. The van der Waals surface area contributed by atoms with E-state index in [4.69, 9.17) is 0 Å². The molecule has 0 radical (unpaired) electrons. The third kappa shape index (κ3) is 4.28. The van der Waals surface area contributed by atoms with Gasteiger partial charge in [-0.05, 0) is 25.0 Å². The van der Waals surface area contributed by atoms with Gasteiger partial charge >= 0.3 is 5.97 Å². The van der Waals surface area contributed by atoms with Crippen LogP contribution in [0, 0.1) is 0 Å². The van der Waals surface area contributed by atoms with Crippen LogP contribution in [0.4, 0.5) is 0 Å². The Morgan fingerprint density at radius 2 is 1.93 bits per heavy atom. The zero-order chi connectivity index (χ0) is 20.1. The summed E-state index contributed by atoms with van der Waals surface area (Å²) in [5, 5.41) is 17.8. The minimum absolute atomic E-state index is 0.0503. The molecule has 8 heteroatoms. The SMILES string of the molecule is CCn1nccc1CN(CCc1ccccc1)C(=O)c1nn(C)cc1C(=O)O. The molecule has 2 aromatic heterocycles. The van der Waals surface area contributed by atoms with Crippen molar-refractivity contribution in [3.8, 4) is 0 Å². The average Bonchev–Trinajstić information content (AvgIpc) is 3.31. The second-order valence-corrected chi connectivity index (χ2v) is 6.47. The van der Waals surface area contributed by atoms with Crippen LogP contribution in [-0.4, -0.2) is 48.0 Å². The number of hydrogen-bond donors (Lipinski definition) is 1. The highest BCUT2D eigenvalue weighted by Crippen LogP contribution is 2.14. The molecule has 0 aliphatic rings. The number of carbonyl (C=O) groups excluding carboxylic acids is 1. The van der Waals surface area contributed by atoms with Gasteiger partial charge < -0.3 is 10.0 Å². The predicted octanol–water partition coefficient (Wildman–Crippen LogP) is 2.22. The van der Waals surface area contributed by atoms with E-state index in [0.717, 1.165) is 11.3 Å². The first kappa shape index (κ1) is 19.3. The Morgan fingerprint density at radius 1 is 1.18 bits per heavy atom. The lowest BCUT2D eigenvalue weighted by atomic mass is 10.1. The summed E-state index contributed by atoms with van der Waals surface area (Å²) in [5.41, 5.74) is 1.84. The first-order valence-corrected chi connectivity index (χ1v) is 9.10. The summed E-state index contributed by atoms with van der Waals surface area (Å²) >= 11 is 0. The number of nitrogens with zero attached hydrogens (tertiary/aromatic N) is 5. The average molecular weight is 381 g/mol. The molecule has 8 nitrogen and oxygen atoms in total. The number of aromatic carboxylic acids is 1. The van der Waals surface area contributed by atoms with E-state index in [1.165, 1.54) is 10.9 Å². The monoisotopic (exact) mass is 381 g/mol. The largest absolute Gasteiger partial charge is 0.478 e. The van der Waals surface area contributed by atoms with E-state index in [0.29, 0.717) is 26.1 Å². The molecule has 0 unspecified atom stereocenters. The molecule has 0 saturated carbocycles. The molecule has 0 atom stereocenters. The number of carboxylic acid groups (broad SMARTS) is 1. The normalized spacial score (nSPS) is 10.8. The van der Waals surface area contributed by atoms with Crippen LogP contribution >= 0.6 is 0 Å². The second-order valence-electron chi connectivity index (χ2n) is 6.47. The Morgan fingerprint density at radius 3 is 2.61 bits per heavy atom. The molecule has 28 heavy (non-hydrogen) atoms. The molecule has 3 rings (SSSR count). The van der Waals surface area contributed by atoms with Gasteiger partial charge in [0, 0.05) is 32.5 Å². The molecule has 2 heterocycles. The summed E-state index contributed by atoms with van der Waals surface area (Å²) in [7, 11) is 1.60. The molecule has 1 aromatic carbocycles. The van der Waals surface area contributed by atoms with E-state index in [2.05, 4.69) is 10.2 Å². The highest BCUT2D eigenvalue weighted by atomic mass is 16.4. The standard InChI is InChI=1S/C20H23N5O3/c1-3-25-16(9-11-21-25)13-24(12-10-15-7-5-4-6-8-15)19(26)18-17(20(27)28)14-23(2)22-18/h4-9,11,14H,3,10,12-13H2,1-2H3,(H,27,28). The van der Waals surface area contributed by atoms with Gasteiger partial charge in [-0.1, -0.05) is 30.3 Å². The number of benzene rings is 1. The van der Waals surface area contributed by atoms with Crippen molar-refractivity contribution in [2.24, 2.45) is 7.05 Å². The Labute approximate surface area is 163 Å². The number of carboxylic acids is 1. The topological polar surface area (TPSA) is 93.3 Å². The van der Waals surface area contributed by atoms with Crippen molar-refractivity contribution in [3.05, 3.63) is 71.3 Å². The lowest BCUT2D eigenvalue weighted by Crippen LogP contribution is -2.34. The Bertz CT molecular complexity index is 961. The van der Waals surface area contributed by atoms with Crippen molar-refractivity contribution in [1.82, 2.24) is 24.5 Å². The number of carbonyl (C=O) groups is 2. The van der Waals surface area contributed by atoms with Crippen LogP contribution in [0.15, 0.2) is 48.8 Å². The van der Waals surface area contributed by atoms with E-state index >= 15 is 0 Å². The molecule has 0 aliphatic heterocycles. The maximum atomic E-state index is 13.2. The molecule has 0 fully saturated rings. The number of hydrogen-bond acceptors (Lipinski definition) is 4. The van der Waals surface area contributed by atoms with Gasteiger partial charge in [-0.2, -0.15) is 10.2 Å². The highest BCUT2D eigenvalue weighted by molar-refractivity contribution is 6.03. The van der Waals surface area contributed by atoms with Gasteiger partial charge in [-0.15, -0.1) is 0 Å². The summed E-state index contributed by atoms with van der Waals surface area (Å²) in [6.45, 7) is 3.43. The lowest BCUT2D eigenvalue weighted by Gasteiger charge is -2.22. The van der Waals surface area contributed by atoms with Gasteiger partial charge in [0.2, 0.25) is 0 Å². The molecule has 146 valence electrons. The zero-order valence-corrected chi connectivity index (χ0v) is 15.9. The molecular weight excluding hydrogens is 358 g/mol. The Balaban J connectivity index is 1.88. The molecule has 3 aromatic rings. The van der Waals surface area contributed by atoms with Crippen molar-refractivity contribution in [3.63, 3.8) is 0 Å². The van der Waals surface area contributed by atoms with Crippen LogP contribution in [0.25, 0.3) is 0 Å². The summed E-state index contributed by atoms with van der Waals surface area (Å²) < 4.78 is 3.17. The van der Waals surface area contributed by atoms with Crippen molar-refractivity contribution < 1.29 is 14.7 Å². The van der Waals surface area contributed by atoms with E-state index in [9.17, 15) is 14.7 Å². The van der Waals surface area contributed by atoms with Crippen molar-refractivity contribution >= 4 is 11.9 Å². The van der Waals surface area contributed by atoms with E-state index in [-0.39, 0.29) is 11.3 Å². The van der Waals surface area contributed by atoms with Crippen LogP contribution < -0.4 is 0 Å². The molecule has 0 saturated heterocycles. The third-order valence-corrected chi connectivity index (χ3v) is 4.52. The number of rotatable bonds is 8. The second kappa shape index (κ2) is 8.51. The van der Waals surface area contributed by atoms with Gasteiger partial charge in [0.1, 0.15) is 5.56 Å². The summed E-state index contributed by atoms with van der Waals surface area (Å²) in [6.07, 6.45) is 3.70. The minimum atomic E-state index is -1.17. The van der Waals surface area contributed by atoms with E-state index in [1.807, 2.05) is 48.0 Å². The van der Waals surface area contributed by atoms with Gasteiger partial charge in [-0.3, -0.25) is 14.2 Å². The van der Waals surface area contributed by atoms with Gasteiger partial charge in [-0.25, -0.2) is 4.79 Å². The van der Waals surface area contributed by atoms with Gasteiger partial charge in [0.15, 0.2) is 5.69 Å². The molecule has 0 aliphatic carbocycles. The minimum Gasteiger partial charge on any atom is -0.478 e. The number of amides is 1. The first-order valence-electron chi connectivity index (χ1n) is 9.10. The lowest BCUT2D eigenvalue weighted by molar-refractivity contribution is 0.0670. The van der Waals surface area contributed by atoms with Crippen LogP contribution in [0.3, 0.4) is 0 Å². The third-order valence-electron chi connectivity index (χ3n) is 4.52. The fraction of sp³-hybridized carbons (Fsp3) is 0.300. The summed E-state index contributed by atoms with van der Waals surface area (Å²) in [4.78, 5) is 26.3. The van der Waals surface area contributed by atoms with Crippen molar-refractivity contribution in [1.29, 1.82) is 0 Å². The maximum Gasteiger partial charge on any atom is 0.339 e. The summed E-state index contributed by atoms with van der Waals surface area (Å²) in [6, 6.07) is 11.7. The van der Waals surface area contributed by atoms with Crippen LogP contribution in [0.5, 0.6) is 0 Å². The molecular formula is C20H23N5O3. The van der Waals surface area contributed by atoms with Gasteiger partial charge in [0.25, 0.3) is 5.91 Å². The molecule has 1 amide bonds. The van der Waals surface area contributed by atoms with Crippen molar-refractivity contribution in [2.45, 2.75) is 26.4 Å². The first-order chi connectivity index (χ1) is 13.5. The summed E-state index contributed by atoms with van der Waals surface area (Å²) in [5.74, 6) is -1.57.